The summed E-state index contributed by atoms with van der Waals surface area (Å²) in [4.78, 5) is 5.40. The Morgan fingerprint density at radius 3 is 2.64 bits per heavy atom. The number of aromatic nitrogens is 1. The summed E-state index contributed by atoms with van der Waals surface area (Å²) < 4.78 is 0. The first-order chi connectivity index (χ1) is 6.53. The third-order valence-corrected chi connectivity index (χ3v) is 4.02. The molecule has 0 aliphatic carbocycles. The minimum atomic E-state index is -0.329. The molecule has 0 amide bonds. The highest BCUT2D eigenvalue weighted by Crippen LogP contribution is 2.30. The van der Waals surface area contributed by atoms with Crippen LogP contribution in [0.2, 0.25) is 0 Å². The number of nitrogens with two attached hydrogens (primary N) is 1. The summed E-state index contributed by atoms with van der Waals surface area (Å²) in [6.07, 6.45) is 1.84. The van der Waals surface area contributed by atoms with Gasteiger partial charge in [0, 0.05) is 29.0 Å². The third kappa shape index (κ3) is 2.13. The molecule has 1 atom stereocenters. The lowest BCUT2D eigenvalue weighted by Crippen LogP contribution is -2.34. The molecule has 0 radical (unpaired) electrons. The van der Waals surface area contributed by atoms with Gasteiger partial charge in [0.2, 0.25) is 0 Å². The second kappa shape index (κ2) is 4.38. The van der Waals surface area contributed by atoms with E-state index in [9.17, 15) is 5.11 Å². The molecule has 0 fully saturated rings. The number of hydrogen-bond donors (Lipinski definition) is 2. The lowest BCUT2D eigenvalue weighted by Gasteiger charge is -2.22. The van der Waals surface area contributed by atoms with Crippen LogP contribution < -0.4 is 5.73 Å². The van der Waals surface area contributed by atoms with Gasteiger partial charge in [0.15, 0.2) is 0 Å². The fourth-order valence-electron chi connectivity index (χ4n) is 1.08. The predicted octanol–water partition coefficient (Wildman–Crippen LogP) is 1.48. The van der Waals surface area contributed by atoms with Crippen LogP contribution in [0.1, 0.15) is 36.6 Å². The van der Waals surface area contributed by atoms with Crippen molar-refractivity contribution in [1.82, 2.24) is 4.98 Å². The number of thiazole rings is 1. The Kier molecular flexibility index (Phi) is 3.64. The molecular formula is C10H18N2OS. The highest BCUT2D eigenvalue weighted by Gasteiger charge is 2.26. The summed E-state index contributed by atoms with van der Waals surface area (Å²) in [7, 11) is 0. The van der Waals surface area contributed by atoms with E-state index in [2.05, 4.69) is 18.8 Å². The Bertz CT molecular complexity index is 292. The van der Waals surface area contributed by atoms with Crippen molar-refractivity contribution in [3.63, 3.8) is 0 Å². The molecule has 0 saturated heterocycles. The minimum absolute atomic E-state index is 0.0726. The average Bonchev–Trinajstić information content (AvgIpc) is 2.66. The molecule has 1 aromatic heterocycles. The smallest absolute Gasteiger partial charge is 0.0953 e. The Balaban J connectivity index is 2.95. The summed E-state index contributed by atoms with van der Waals surface area (Å²) in [5.74, 6) is 0.439. The number of aliphatic hydroxyl groups is 1. The van der Waals surface area contributed by atoms with Crippen molar-refractivity contribution in [1.29, 1.82) is 0 Å². The molecule has 0 aromatic carbocycles. The SMILES string of the molecule is CC(C)c1ncc(C(C)(CN)CO)s1. The Morgan fingerprint density at radius 1 is 1.64 bits per heavy atom. The van der Waals surface area contributed by atoms with E-state index in [0.717, 1.165) is 9.88 Å². The molecule has 0 aliphatic heterocycles. The highest BCUT2D eigenvalue weighted by atomic mass is 32.1. The van der Waals surface area contributed by atoms with E-state index in [1.807, 2.05) is 13.1 Å². The molecule has 0 bridgehead atoms. The first kappa shape index (κ1) is 11.6. The lowest BCUT2D eigenvalue weighted by atomic mass is 9.91. The van der Waals surface area contributed by atoms with Gasteiger partial charge in [-0.1, -0.05) is 20.8 Å². The third-order valence-electron chi connectivity index (χ3n) is 2.41. The van der Waals surface area contributed by atoms with Crippen LogP contribution in [-0.4, -0.2) is 23.2 Å². The fourth-order valence-corrected chi connectivity index (χ4v) is 2.14. The number of rotatable bonds is 4. The van der Waals surface area contributed by atoms with E-state index in [1.165, 1.54) is 0 Å². The van der Waals surface area contributed by atoms with Crippen LogP contribution in [0.3, 0.4) is 0 Å². The van der Waals surface area contributed by atoms with Gasteiger partial charge in [0.05, 0.1) is 11.6 Å². The van der Waals surface area contributed by atoms with Crippen LogP contribution in [0.5, 0.6) is 0 Å². The second-order valence-corrected chi connectivity index (χ2v) is 5.20. The summed E-state index contributed by atoms with van der Waals surface area (Å²) in [6, 6.07) is 0. The van der Waals surface area contributed by atoms with E-state index in [4.69, 9.17) is 5.73 Å². The van der Waals surface area contributed by atoms with Gasteiger partial charge >= 0.3 is 0 Å². The summed E-state index contributed by atoms with van der Waals surface area (Å²) in [5, 5.41) is 10.4. The van der Waals surface area contributed by atoms with Crippen molar-refractivity contribution in [2.45, 2.75) is 32.1 Å². The van der Waals surface area contributed by atoms with E-state index in [-0.39, 0.29) is 12.0 Å². The van der Waals surface area contributed by atoms with E-state index >= 15 is 0 Å². The first-order valence-electron chi connectivity index (χ1n) is 4.80. The summed E-state index contributed by atoms with van der Waals surface area (Å²) in [5.41, 5.74) is 5.33. The molecule has 1 rings (SSSR count). The zero-order chi connectivity index (χ0) is 10.8. The Morgan fingerprint density at radius 2 is 2.29 bits per heavy atom. The van der Waals surface area contributed by atoms with Crippen LogP contribution in [-0.2, 0) is 5.41 Å². The van der Waals surface area contributed by atoms with E-state index in [1.54, 1.807) is 11.3 Å². The summed E-state index contributed by atoms with van der Waals surface area (Å²) in [6.45, 7) is 6.71. The largest absolute Gasteiger partial charge is 0.395 e. The standard InChI is InChI=1S/C10H18N2OS/c1-7(2)9-12-4-8(14-9)10(3,5-11)6-13/h4,7,13H,5-6,11H2,1-3H3. The fraction of sp³-hybridized carbons (Fsp3) is 0.700. The zero-order valence-electron chi connectivity index (χ0n) is 8.95. The van der Waals surface area contributed by atoms with Crippen LogP contribution in [0.25, 0.3) is 0 Å². The van der Waals surface area contributed by atoms with Crippen LogP contribution >= 0.6 is 11.3 Å². The molecule has 4 heteroatoms. The topological polar surface area (TPSA) is 59.1 Å². The molecule has 1 unspecified atom stereocenters. The molecule has 0 spiro atoms. The van der Waals surface area contributed by atoms with Gasteiger partial charge in [-0.25, -0.2) is 4.98 Å². The van der Waals surface area contributed by atoms with Crippen molar-refractivity contribution >= 4 is 11.3 Å². The molecule has 80 valence electrons. The Labute approximate surface area is 89.0 Å². The highest BCUT2D eigenvalue weighted by molar-refractivity contribution is 7.11. The van der Waals surface area contributed by atoms with Gasteiger partial charge < -0.3 is 10.8 Å². The maximum atomic E-state index is 9.29. The molecule has 1 heterocycles. The quantitative estimate of drug-likeness (QED) is 0.798. The zero-order valence-corrected chi connectivity index (χ0v) is 9.77. The number of nitrogens with zero attached hydrogens (tertiary/aromatic N) is 1. The molecule has 0 saturated carbocycles. The second-order valence-electron chi connectivity index (χ2n) is 4.14. The van der Waals surface area contributed by atoms with E-state index < -0.39 is 0 Å². The van der Waals surface area contributed by atoms with Gasteiger partial charge in [0.25, 0.3) is 0 Å². The molecule has 3 N–H and O–H groups in total. The first-order valence-corrected chi connectivity index (χ1v) is 5.62. The molecule has 14 heavy (non-hydrogen) atoms. The number of hydrogen-bond acceptors (Lipinski definition) is 4. The normalized spacial score (nSPS) is 15.9. The molecule has 3 nitrogen and oxygen atoms in total. The van der Waals surface area contributed by atoms with Gasteiger partial charge in [0.1, 0.15) is 0 Å². The van der Waals surface area contributed by atoms with Crippen LogP contribution in [0.4, 0.5) is 0 Å². The van der Waals surface area contributed by atoms with Crippen molar-refractivity contribution in [2.24, 2.45) is 5.73 Å². The van der Waals surface area contributed by atoms with Gasteiger partial charge in [-0.15, -0.1) is 11.3 Å². The van der Waals surface area contributed by atoms with Crippen LogP contribution in [0.15, 0.2) is 6.20 Å². The number of aliphatic hydroxyl groups excluding tert-OH is 1. The molecule has 1 aromatic rings. The molecule has 0 aliphatic rings. The van der Waals surface area contributed by atoms with Crippen molar-refractivity contribution < 1.29 is 5.11 Å². The lowest BCUT2D eigenvalue weighted by molar-refractivity contribution is 0.212. The van der Waals surface area contributed by atoms with Crippen molar-refractivity contribution in [3.05, 3.63) is 16.1 Å². The van der Waals surface area contributed by atoms with Crippen molar-refractivity contribution in [2.75, 3.05) is 13.2 Å². The molecular weight excluding hydrogens is 196 g/mol. The summed E-state index contributed by atoms with van der Waals surface area (Å²) >= 11 is 1.65. The van der Waals surface area contributed by atoms with Crippen molar-refractivity contribution in [3.8, 4) is 0 Å². The van der Waals surface area contributed by atoms with Crippen LogP contribution in [0, 0.1) is 0 Å². The monoisotopic (exact) mass is 214 g/mol. The van der Waals surface area contributed by atoms with Gasteiger partial charge in [-0.2, -0.15) is 0 Å². The minimum Gasteiger partial charge on any atom is -0.395 e. The van der Waals surface area contributed by atoms with Gasteiger partial charge in [-0.3, -0.25) is 0 Å². The predicted molar refractivity (Wildman–Crippen MR) is 59.7 cm³/mol. The van der Waals surface area contributed by atoms with E-state index in [0.29, 0.717) is 12.5 Å². The maximum Gasteiger partial charge on any atom is 0.0953 e. The van der Waals surface area contributed by atoms with Gasteiger partial charge in [-0.05, 0) is 0 Å². The average molecular weight is 214 g/mol. The Hall–Kier alpha value is -0.450. The maximum absolute atomic E-state index is 9.29.